The van der Waals surface area contributed by atoms with Crippen molar-refractivity contribution < 1.29 is 31.3 Å². The molecule has 0 aromatic heterocycles. The lowest BCUT2D eigenvalue weighted by atomic mass is 10.1. The van der Waals surface area contributed by atoms with Crippen LogP contribution < -0.4 is 0 Å². The van der Waals surface area contributed by atoms with Crippen molar-refractivity contribution in [2.75, 3.05) is 6.61 Å². The smallest absolute Gasteiger partial charge is 0.402 e. The largest absolute Gasteiger partial charge is 0.458 e. The minimum absolute atomic E-state index is 0.368. The molecule has 0 amide bonds. The Morgan fingerprint density at radius 2 is 1.80 bits per heavy atom. The van der Waals surface area contributed by atoms with Crippen molar-refractivity contribution in [2.45, 2.75) is 18.1 Å². The van der Waals surface area contributed by atoms with Crippen molar-refractivity contribution in [1.82, 2.24) is 0 Å². The third-order valence-electron chi connectivity index (χ3n) is 3.14. The average Bonchev–Trinajstić information content (AvgIpc) is 2.78. The lowest BCUT2D eigenvalue weighted by Gasteiger charge is -2.15. The van der Waals surface area contributed by atoms with E-state index in [2.05, 4.69) is 4.74 Å². The third-order valence-corrected chi connectivity index (χ3v) is 4.02. The van der Waals surface area contributed by atoms with Gasteiger partial charge in [0.1, 0.15) is 0 Å². The second-order valence-corrected chi connectivity index (χ2v) is 6.14. The fourth-order valence-corrected chi connectivity index (χ4v) is 2.28. The van der Waals surface area contributed by atoms with Crippen LogP contribution in [0.1, 0.15) is 11.1 Å². The number of carbonyl (C=O) groups is 1. The summed E-state index contributed by atoms with van der Waals surface area (Å²) in [6.07, 6.45) is 0.735. The SMILES string of the molecule is O=C(OCC(F)(F)S(=O)(=O)O)C1Cc2ccccc2C1. The molecular formula is C12H12F2O5S. The van der Waals surface area contributed by atoms with E-state index in [1.165, 1.54) is 0 Å². The van der Waals surface area contributed by atoms with Gasteiger partial charge in [0.15, 0.2) is 6.61 Å². The lowest BCUT2D eigenvalue weighted by molar-refractivity contribution is -0.154. The first-order chi connectivity index (χ1) is 9.21. The minimum Gasteiger partial charge on any atom is -0.458 e. The molecule has 1 aliphatic carbocycles. The van der Waals surface area contributed by atoms with Crippen LogP contribution in [0, 0.1) is 5.92 Å². The topological polar surface area (TPSA) is 80.7 Å². The van der Waals surface area contributed by atoms with E-state index in [0.717, 1.165) is 11.1 Å². The summed E-state index contributed by atoms with van der Waals surface area (Å²) in [4.78, 5) is 11.7. The van der Waals surface area contributed by atoms with Gasteiger partial charge >= 0.3 is 21.3 Å². The summed E-state index contributed by atoms with van der Waals surface area (Å²) in [5.41, 5.74) is 1.88. The van der Waals surface area contributed by atoms with E-state index >= 15 is 0 Å². The standard InChI is InChI=1S/C12H12F2O5S/c13-12(14,20(16,17)18)7-19-11(15)10-5-8-3-1-2-4-9(8)6-10/h1-4,10H,5-7H2,(H,16,17,18). The Morgan fingerprint density at radius 3 is 2.25 bits per heavy atom. The van der Waals surface area contributed by atoms with Crippen LogP contribution in [0.25, 0.3) is 0 Å². The second kappa shape index (κ2) is 5.10. The van der Waals surface area contributed by atoms with Crippen LogP contribution in [-0.2, 0) is 32.5 Å². The molecule has 0 saturated carbocycles. The zero-order valence-corrected chi connectivity index (χ0v) is 11.1. The Bertz CT molecular complexity index is 601. The Morgan fingerprint density at radius 1 is 1.30 bits per heavy atom. The van der Waals surface area contributed by atoms with Gasteiger partial charge in [0, 0.05) is 0 Å². The zero-order chi connectivity index (χ0) is 15.0. The molecular weight excluding hydrogens is 294 g/mol. The Kier molecular flexibility index (Phi) is 3.79. The second-order valence-electron chi connectivity index (χ2n) is 4.59. The molecule has 8 heteroatoms. The summed E-state index contributed by atoms with van der Waals surface area (Å²) in [6.45, 7) is -1.68. The molecule has 110 valence electrons. The molecule has 0 heterocycles. The number of alkyl halides is 2. The van der Waals surface area contributed by atoms with Gasteiger partial charge in [-0.3, -0.25) is 9.35 Å². The third kappa shape index (κ3) is 2.96. The number of halogens is 2. The van der Waals surface area contributed by atoms with Gasteiger partial charge in [-0.1, -0.05) is 24.3 Å². The molecule has 0 spiro atoms. The van der Waals surface area contributed by atoms with E-state index in [1.807, 2.05) is 12.1 Å². The van der Waals surface area contributed by atoms with E-state index in [0.29, 0.717) is 12.8 Å². The van der Waals surface area contributed by atoms with E-state index in [1.54, 1.807) is 12.1 Å². The maximum atomic E-state index is 12.9. The van der Waals surface area contributed by atoms with Gasteiger partial charge < -0.3 is 4.74 Å². The normalized spacial score (nSPS) is 15.9. The highest BCUT2D eigenvalue weighted by atomic mass is 32.2. The summed E-state index contributed by atoms with van der Waals surface area (Å²) in [6, 6.07) is 7.27. The molecule has 20 heavy (non-hydrogen) atoms. The number of rotatable bonds is 4. The van der Waals surface area contributed by atoms with Crippen molar-refractivity contribution in [1.29, 1.82) is 0 Å². The molecule has 1 N–H and O–H groups in total. The van der Waals surface area contributed by atoms with E-state index in [9.17, 15) is 22.0 Å². The number of esters is 1. The number of hydrogen-bond donors (Lipinski definition) is 1. The molecule has 5 nitrogen and oxygen atoms in total. The maximum Gasteiger partial charge on any atom is 0.402 e. The van der Waals surface area contributed by atoms with E-state index in [-0.39, 0.29) is 0 Å². The molecule has 2 rings (SSSR count). The molecule has 0 unspecified atom stereocenters. The van der Waals surface area contributed by atoms with Crippen LogP contribution in [0.5, 0.6) is 0 Å². The first-order valence-corrected chi connectivity index (χ1v) is 7.23. The van der Waals surface area contributed by atoms with Crippen molar-refractivity contribution >= 4 is 16.1 Å². The van der Waals surface area contributed by atoms with Crippen LogP contribution in [0.2, 0.25) is 0 Å². The fraction of sp³-hybridized carbons (Fsp3) is 0.417. The zero-order valence-electron chi connectivity index (χ0n) is 10.3. The molecule has 1 aromatic carbocycles. The number of fused-ring (bicyclic) bond motifs is 1. The summed E-state index contributed by atoms with van der Waals surface area (Å²) in [7, 11) is -5.59. The van der Waals surface area contributed by atoms with Crippen molar-refractivity contribution in [3.05, 3.63) is 35.4 Å². The van der Waals surface area contributed by atoms with Gasteiger partial charge in [-0.05, 0) is 24.0 Å². The maximum absolute atomic E-state index is 12.9. The van der Waals surface area contributed by atoms with Gasteiger partial charge in [0.25, 0.3) is 0 Å². The summed E-state index contributed by atoms with van der Waals surface area (Å²) in [5.74, 6) is -1.51. The van der Waals surface area contributed by atoms with Crippen molar-refractivity contribution in [3.63, 3.8) is 0 Å². The summed E-state index contributed by atoms with van der Waals surface area (Å²) < 4.78 is 59.2. The molecule has 0 aliphatic heterocycles. The number of carbonyl (C=O) groups excluding carboxylic acids is 1. The van der Waals surface area contributed by atoms with E-state index in [4.69, 9.17) is 4.55 Å². The number of benzene rings is 1. The van der Waals surface area contributed by atoms with Gasteiger partial charge in [-0.25, -0.2) is 0 Å². The van der Waals surface area contributed by atoms with Crippen molar-refractivity contribution in [2.24, 2.45) is 5.92 Å². The Labute approximate surface area is 114 Å². The lowest BCUT2D eigenvalue weighted by Crippen LogP contribution is -2.35. The van der Waals surface area contributed by atoms with Gasteiger partial charge in [0.05, 0.1) is 5.92 Å². The van der Waals surface area contributed by atoms with Crippen molar-refractivity contribution in [3.8, 4) is 0 Å². The van der Waals surface area contributed by atoms with E-state index < -0.39 is 33.9 Å². The molecule has 0 atom stereocenters. The predicted molar refractivity (Wildman–Crippen MR) is 64.8 cm³/mol. The first kappa shape index (κ1) is 14.9. The van der Waals surface area contributed by atoms with Crippen LogP contribution >= 0.6 is 0 Å². The number of hydrogen-bond acceptors (Lipinski definition) is 4. The predicted octanol–water partition coefficient (Wildman–Crippen LogP) is 1.43. The highest BCUT2D eigenvalue weighted by molar-refractivity contribution is 7.86. The molecule has 1 aromatic rings. The minimum atomic E-state index is -5.59. The fourth-order valence-electron chi connectivity index (χ4n) is 2.07. The van der Waals surface area contributed by atoms with Crippen LogP contribution in [0.15, 0.2) is 24.3 Å². The van der Waals surface area contributed by atoms with Crippen LogP contribution in [0.3, 0.4) is 0 Å². The monoisotopic (exact) mass is 306 g/mol. The number of ether oxygens (including phenoxy) is 1. The molecule has 0 fully saturated rings. The summed E-state index contributed by atoms with van der Waals surface area (Å²) in [5, 5.41) is -4.49. The molecule has 1 aliphatic rings. The first-order valence-electron chi connectivity index (χ1n) is 5.79. The van der Waals surface area contributed by atoms with Gasteiger partial charge in [-0.2, -0.15) is 17.2 Å². The quantitative estimate of drug-likeness (QED) is 0.672. The van der Waals surface area contributed by atoms with Crippen LogP contribution in [-0.4, -0.2) is 30.8 Å². The molecule has 0 bridgehead atoms. The van der Waals surface area contributed by atoms with Crippen LogP contribution in [0.4, 0.5) is 8.78 Å². The highest BCUT2D eigenvalue weighted by Gasteiger charge is 2.46. The Balaban J connectivity index is 1.96. The highest BCUT2D eigenvalue weighted by Crippen LogP contribution is 2.28. The average molecular weight is 306 g/mol. The Hall–Kier alpha value is -1.54. The summed E-state index contributed by atoms with van der Waals surface area (Å²) >= 11 is 0. The van der Waals surface area contributed by atoms with Gasteiger partial charge in [0.2, 0.25) is 0 Å². The van der Waals surface area contributed by atoms with Gasteiger partial charge in [-0.15, -0.1) is 0 Å². The molecule has 0 radical (unpaired) electrons. The molecule has 0 saturated heterocycles.